The van der Waals surface area contributed by atoms with Crippen LogP contribution in [0.4, 0.5) is 13.2 Å². The van der Waals surface area contributed by atoms with Crippen LogP contribution >= 0.6 is 0 Å². The average molecular weight is 452 g/mol. The van der Waals surface area contributed by atoms with Crippen LogP contribution in [0.25, 0.3) is 0 Å². The molecule has 0 aliphatic carbocycles. The first-order valence-corrected chi connectivity index (χ1v) is 11.0. The van der Waals surface area contributed by atoms with Crippen LogP contribution in [-0.2, 0) is 22.7 Å². The summed E-state index contributed by atoms with van der Waals surface area (Å²) in [6, 6.07) is 2.40. The molecule has 7 nitrogen and oxygen atoms in total. The summed E-state index contributed by atoms with van der Waals surface area (Å²) in [5.41, 5.74) is 1.63. The van der Waals surface area contributed by atoms with Crippen molar-refractivity contribution in [3.05, 3.63) is 34.9 Å². The van der Waals surface area contributed by atoms with E-state index < -0.39 is 24.2 Å². The first-order valence-electron chi connectivity index (χ1n) is 11.0. The van der Waals surface area contributed by atoms with Crippen molar-refractivity contribution in [1.29, 1.82) is 0 Å². The van der Waals surface area contributed by atoms with Crippen molar-refractivity contribution in [3.8, 4) is 0 Å². The van der Waals surface area contributed by atoms with Gasteiger partial charge in [0, 0.05) is 31.1 Å². The zero-order chi connectivity index (χ0) is 22.9. The number of hydrogen-bond acceptors (Lipinski definition) is 5. The first-order chi connectivity index (χ1) is 15.2. The highest BCUT2D eigenvalue weighted by atomic mass is 19.4. The van der Waals surface area contributed by atoms with Gasteiger partial charge in [-0.15, -0.1) is 0 Å². The molecule has 3 atom stereocenters. The molecule has 3 aliphatic heterocycles. The van der Waals surface area contributed by atoms with E-state index in [0.29, 0.717) is 16.7 Å². The maximum Gasteiger partial charge on any atom is 0.403 e. The fourth-order valence-corrected chi connectivity index (χ4v) is 4.79. The second-order valence-electron chi connectivity index (χ2n) is 8.70. The van der Waals surface area contributed by atoms with Gasteiger partial charge in [0.1, 0.15) is 12.1 Å². The molecule has 174 valence electrons. The number of benzene rings is 1. The molecule has 3 aliphatic rings. The number of rotatable bonds is 6. The van der Waals surface area contributed by atoms with Crippen LogP contribution in [0.1, 0.15) is 60.0 Å². The Labute approximate surface area is 184 Å². The summed E-state index contributed by atoms with van der Waals surface area (Å²) < 4.78 is 41.0. The van der Waals surface area contributed by atoms with E-state index in [0.717, 1.165) is 25.8 Å². The normalized spacial score (nSPS) is 25.0. The second kappa shape index (κ2) is 9.19. The lowest BCUT2D eigenvalue weighted by Gasteiger charge is -2.30. The molecule has 0 spiro atoms. The van der Waals surface area contributed by atoms with Crippen molar-refractivity contribution in [2.24, 2.45) is 0 Å². The number of hydrogen-bond donors (Lipinski definition) is 3. The van der Waals surface area contributed by atoms with Gasteiger partial charge in [-0.05, 0) is 49.4 Å². The molecule has 3 amide bonds. The summed E-state index contributed by atoms with van der Waals surface area (Å²) in [6.07, 6.45) is -1.41. The molecule has 2 saturated heterocycles. The van der Waals surface area contributed by atoms with Crippen LogP contribution in [0.15, 0.2) is 18.2 Å². The molecule has 0 bridgehead atoms. The van der Waals surface area contributed by atoms with Crippen LogP contribution in [0.3, 0.4) is 0 Å². The number of nitrogens with zero attached hydrogens (tertiary/aromatic N) is 1. The highest BCUT2D eigenvalue weighted by molar-refractivity contribution is 6.05. The molecule has 1 aromatic carbocycles. The SMILES string of the molecule is O=C1CCC(N2Cc3c(CNC(CC4CCCCN4)C(F)(F)F)cccc3C2=O)C(=O)N1. The number of amides is 3. The summed E-state index contributed by atoms with van der Waals surface area (Å²) in [6.45, 7) is 0.843. The lowest BCUT2D eigenvalue weighted by atomic mass is 9.97. The van der Waals surface area contributed by atoms with Gasteiger partial charge in [0.2, 0.25) is 11.8 Å². The third-order valence-electron chi connectivity index (χ3n) is 6.55. The van der Waals surface area contributed by atoms with Crippen LogP contribution in [0, 0.1) is 0 Å². The molecule has 4 rings (SSSR count). The molecule has 10 heteroatoms. The number of alkyl halides is 3. The van der Waals surface area contributed by atoms with E-state index in [9.17, 15) is 27.6 Å². The zero-order valence-electron chi connectivity index (χ0n) is 17.6. The van der Waals surface area contributed by atoms with Crippen molar-refractivity contribution in [2.45, 2.75) is 75.9 Å². The molecular weight excluding hydrogens is 425 g/mol. The van der Waals surface area contributed by atoms with Crippen molar-refractivity contribution in [2.75, 3.05) is 6.54 Å². The van der Waals surface area contributed by atoms with Crippen LogP contribution < -0.4 is 16.0 Å². The lowest BCUT2D eigenvalue weighted by Crippen LogP contribution is -2.52. The van der Waals surface area contributed by atoms with Crippen LogP contribution in [-0.4, -0.2) is 53.5 Å². The van der Waals surface area contributed by atoms with Gasteiger partial charge < -0.3 is 15.5 Å². The van der Waals surface area contributed by atoms with Crippen molar-refractivity contribution in [3.63, 3.8) is 0 Å². The molecule has 0 saturated carbocycles. The van der Waals surface area contributed by atoms with E-state index in [1.54, 1.807) is 18.2 Å². The predicted octanol–water partition coefficient (Wildman–Crippen LogP) is 2.00. The van der Waals surface area contributed by atoms with Gasteiger partial charge in [0.15, 0.2) is 0 Å². The quantitative estimate of drug-likeness (QED) is 0.575. The average Bonchev–Trinajstić information content (AvgIpc) is 3.08. The Balaban J connectivity index is 1.46. The number of halogens is 3. The van der Waals surface area contributed by atoms with E-state index in [2.05, 4.69) is 16.0 Å². The Morgan fingerprint density at radius 2 is 1.97 bits per heavy atom. The van der Waals surface area contributed by atoms with E-state index in [1.807, 2.05) is 0 Å². The topological polar surface area (TPSA) is 90.5 Å². The Hall–Kier alpha value is -2.46. The number of imide groups is 1. The molecule has 32 heavy (non-hydrogen) atoms. The Bertz CT molecular complexity index is 899. The predicted molar refractivity (Wildman–Crippen MR) is 109 cm³/mol. The number of carbonyl (C=O) groups excluding carboxylic acids is 3. The fraction of sp³-hybridized carbons (Fsp3) is 0.591. The largest absolute Gasteiger partial charge is 0.403 e. The third kappa shape index (κ3) is 4.80. The number of fused-ring (bicyclic) bond motifs is 1. The second-order valence-corrected chi connectivity index (χ2v) is 8.70. The number of carbonyl (C=O) groups is 3. The molecule has 2 fully saturated rings. The minimum Gasteiger partial charge on any atom is -0.322 e. The zero-order valence-corrected chi connectivity index (χ0v) is 17.6. The molecular formula is C22H27F3N4O3. The first kappa shape index (κ1) is 22.7. The van der Waals surface area contributed by atoms with Crippen molar-refractivity contribution < 1.29 is 27.6 Å². The van der Waals surface area contributed by atoms with Gasteiger partial charge in [0.05, 0.1) is 0 Å². The van der Waals surface area contributed by atoms with Crippen molar-refractivity contribution >= 4 is 17.7 Å². The van der Waals surface area contributed by atoms with Gasteiger partial charge in [-0.2, -0.15) is 13.2 Å². The van der Waals surface area contributed by atoms with Gasteiger partial charge in [-0.1, -0.05) is 18.6 Å². The monoisotopic (exact) mass is 452 g/mol. The molecule has 0 aromatic heterocycles. The highest BCUT2D eigenvalue weighted by Crippen LogP contribution is 2.31. The minimum atomic E-state index is -4.38. The maximum atomic E-state index is 13.7. The van der Waals surface area contributed by atoms with Gasteiger partial charge in [-0.25, -0.2) is 0 Å². The standard InChI is InChI=1S/C22H27F3N4O3/c23-22(24,25)18(10-14-5-1-2-9-26-14)27-11-13-4-3-6-15-16(13)12-29(21(15)32)17-7-8-19(30)28-20(17)31/h3-4,6,14,17-18,26-27H,1-2,5,7-12H2,(H,28,30,31). The third-order valence-corrected chi connectivity index (χ3v) is 6.55. The smallest absolute Gasteiger partial charge is 0.322 e. The summed E-state index contributed by atoms with van der Waals surface area (Å²) in [7, 11) is 0. The Morgan fingerprint density at radius 1 is 1.16 bits per heavy atom. The maximum absolute atomic E-state index is 13.7. The lowest BCUT2D eigenvalue weighted by molar-refractivity contribution is -0.159. The van der Waals surface area contributed by atoms with E-state index in [1.165, 1.54) is 4.90 Å². The number of piperidine rings is 2. The summed E-state index contributed by atoms with van der Waals surface area (Å²) in [5.74, 6) is -1.22. The van der Waals surface area contributed by atoms with Crippen LogP contribution in [0.2, 0.25) is 0 Å². The summed E-state index contributed by atoms with van der Waals surface area (Å²) in [5, 5.41) is 8.07. The van der Waals surface area contributed by atoms with Gasteiger partial charge >= 0.3 is 6.18 Å². The highest BCUT2D eigenvalue weighted by Gasteiger charge is 2.42. The van der Waals surface area contributed by atoms with E-state index in [-0.39, 0.29) is 50.2 Å². The Kier molecular flexibility index (Phi) is 6.52. The molecule has 3 heterocycles. The molecule has 3 N–H and O–H groups in total. The summed E-state index contributed by atoms with van der Waals surface area (Å²) in [4.78, 5) is 37.9. The molecule has 1 aromatic rings. The van der Waals surface area contributed by atoms with Crippen LogP contribution in [0.5, 0.6) is 0 Å². The van der Waals surface area contributed by atoms with Gasteiger partial charge in [0.25, 0.3) is 5.91 Å². The molecule has 0 radical (unpaired) electrons. The molecule has 3 unspecified atom stereocenters. The van der Waals surface area contributed by atoms with E-state index in [4.69, 9.17) is 0 Å². The van der Waals surface area contributed by atoms with E-state index >= 15 is 0 Å². The minimum absolute atomic E-state index is 0.0312. The van der Waals surface area contributed by atoms with Gasteiger partial charge in [-0.3, -0.25) is 19.7 Å². The summed E-state index contributed by atoms with van der Waals surface area (Å²) >= 11 is 0. The fourth-order valence-electron chi connectivity index (χ4n) is 4.79. The number of nitrogens with one attached hydrogen (secondary N) is 3. The Morgan fingerprint density at radius 3 is 2.66 bits per heavy atom. The van der Waals surface area contributed by atoms with Crippen molar-refractivity contribution in [1.82, 2.24) is 20.9 Å².